The predicted molar refractivity (Wildman–Crippen MR) is 126 cm³/mol. The van der Waals surface area contributed by atoms with Crippen LogP contribution in [0.5, 0.6) is 5.75 Å². The molecule has 5 rings (SSSR count). The van der Waals surface area contributed by atoms with E-state index in [2.05, 4.69) is 4.98 Å². The first-order valence-corrected chi connectivity index (χ1v) is 11.9. The summed E-state index contributed by atoms with van der Waals surface area (Å²) in [7, 11) is 1.62. The van der Waals surface area contributed by atoms with Crippen molar-refractivity contribution in [2.45, 2.75) is 44.2 Å². The molecule has 8 heteroatoms. The number of likely N-dealkylation sites (tertiary alicyclic amines) is 1. The van der Waals surface area contributed by atoms with Gasteiger partial charge in [-0.05, 0) is 48.7 Å². The second-order valence-corrected chi connectivity index (χ2v) is 9.59. The van der Waals surface area contributed by atoms with Gasteiger partial charge >= 0.3 is 0 Å². The maximum absolute atomic E-state index is 13.5. The van der Waals surface area contributed by atoms with Crippen molar-refractivity contribution in [2.75, 3.05) is 31.6 Å². The van der Waals surface area contributed by atoms with Crippen LogP contribution in [0.25, 0.3) is 0 Å². The van der Waals surface area contributed by atoms with Gasteiger partial charge in [0.05, 0.1) is 18.6 Å². The van der Waals surface area contributed by atoms with Crippen molar-refractivity contribution in [1.82, 2.24) is 14.8 Å². The average Bonchev–Trinajstić information content (AvgIpc) is 3.46. The first kappa shape index (κ1) is 22.4. The van der Waals surface area contributed by atoms with E-state index in [9.17, 15) is 14.4 Å². The van der Waals surface area contributed by atoms with E-state index < -0.39 is 11.5 Å². The molecule has 8 nitrogen and oxygen atoms in total. The Kier molecular flexibility index (Phi) is 5.98. The summed E-state index contributed by atoms with van der Waals surface area (Å²) in [6.45, 7) is 1.38. The number of aromatic nitrogens is 1. The zero-order valence-electron chi connectivity index (χ0n) is 19.5. The first-order chi connectivity index (χ1) is 16.5. The van der Waals surface area contributed by atoms with Crippen molar-refractivity contribution < 1.29 is 19.1 Å². The van der Waals surface area contributed by atoms with Gasteiger partial charge in [0.2, 0.25) is 17.7 Å². The smallest absolute Gasteiger partial charge is 0.247 e. The van der Waals surface area contributed by atoms with Gasteiger partial charge in [-0.15, -0.1) is 0 Å². The minimum Gasteiger partial charge on any atom is -0.497 e. The molecular formula is C26H30N4O4. The number of anilines is 1. The lowest BCUT2D eigenvalue weighted by atomic mass is 9.89. The maximum Gasteiger partial charge on any atom is 0.247 e. The van der Waals surface area contributed by atoms with Gasteiger partial charge in [0.25, 0.3) is 0 Å². The molecule has 3 aliphatic rings. The van der Waals surface area contributed by atoms with Gasteiger partial charge in [-0.3, -0.25) is 19.4 Å². The molecule has 1 spiro atoms. The molecule has 2 saturated heterocycles. The third-order valence-corrected chi connectivity index (χ3v) is 7.37. The third-order valence-electron chi connectivity index (χ3n) is 7.37. The highest BCUT2D eigenvalue weighted by Gasteiger charge is 2.50. The van der Waals surface area contributed by atoms with Crippen molar-refractivity contribution in [3.63, 3.8) is 0 Å². The number of ether oxygens (including phenoxy) is 1. The summed E-state index contributed by atoms with van der Waals surface area (Å²) in [6, 6.07) is 11.3. The Hall–Kier alpha value is -3.42. The van der Waals surface area contributed by atoms with Crippen LogP contribution in [0.15, 0.2) is 48.8 Å². The van der Waals surface area contributed by atoms with Crippen molar-refractivity contribution >= 4 is 23.4 Å². The Labute approximate surface area is 199 Å². The largest absolute Gasteiger partial charge is 0.497 e. The lowest BCUT2D eigenvalue weighted by molar-refractivity contribution is -0.142. The fourth-order valence-electron chi connectivity index (χ4n) is 5.76. The molecule has 34 heavy (non-hydrogen) atoms. The van der Waals surface area contributed by atoms with Crippen LogP contribution in [0.3, 0.4) is 0 Å². The molecule has 1 aromatic carbocycles. The molecule has 0 radical (unpaired) electrons. The summed E-state index contributed by atoms with van der Waals surface area (Å²) in [4.78, 5) is 49.0. The van der Waals surface area contributed by atoms with E-state index in [4.69, 9.17) is 4.74 Å². The number of carbonyl (C=O) groups excluding carboxylic acids is 3. The number of benzene rings is 1. The Morgan fingerprint density at radius 1 is 1.12 bits per heavy atom. The molecule has 3 fully saturated rings. The van der Waals surface area contributed by atoms with E-state index in [1.165, 1.54) is 0 Å². The minimum atomic E-state index is -0.414. The van der Waals surface area contributed by atoms with E-state index in [0.717, 1.165) is 42.7 Å². The molecule has 0 bridgehead atoms. The fourth-order valence-corrected chi connectivity index (χ4v) is 5.76. The summed E-state index contributed by atoms with van der Waals surface area (Å²) >= 11 is 0. The highest BCUT2D eigenvalue weighted by Crippen LogP contribution is 2.42. The Morgan fingerprint density at radius 2 is 1.88 bits per heavy atom. The molecule has 1 saturated carbocycles. The van der Waals surface area contributed by atoms with Crippen LogP contribution in [-0.2, 0) is 20.9 Å². The Morgan fingerprint density at radius 3 is 2.56 bits per heavy atom. The number of methoxy groups -OCH3 is 1. The molecule has 1 aliphatic carbocycles. The SMILES string of the molecule is COc1ccc(N2C(=O)CN(C(=O)[C@H]3CC(=O)N(Cc4cccnc4)C3)CC23CCCC3)cc1. The third kappa shape index (κ3) is 4.13. The topological polar surface area (TPSA) is 83.0 Å². The summed E-state index contributed by atoms with van der Waals surface area (Å²) in [6.07, 6.45) is 7.42. The van der Waals surface area contributed by atoms with Gasteiger partial charge in [0.1, 0.15) is 12.3 Å². The zero-order chi connectivity index (χ0) is 23.7. The maximum atomic E-state index is 13.5. The molecule has 0 N–H and O–H groups in total. The number of piperazine rings is 1. The molecule has 3 amide bonds. The monoisotopic (exact) mass is 462 g/mol. The van der Waals surface area contributed by atoms with Crippen LogP contribution < -0.4 is 9.64 Å². The van der Waals surface area contributed by atoms with Gasteiger partial charge in [-0.1, -0.05) is 18.9 Å². The van der Waals surface area contributed by atoms with Crippen molar-refractivity contribution in [3.8, 4) is 5.75 Å². The summed E-state index contributed by atoms with van der Waals surface area (Å²) in [5.74, 6) is 0.149. The van der Waals surface area contributed by atoms with Gasteiger partial charge in [0, 0.05) is 44.1 Å². The summed E-state index contributed by atoms with van der Waals surface area (Å²) in [5.41, 5.74) is 1.40. The van der Waals surface area contributed by atoms with Crippen LogP contribution in [0.1, 0.15) is 37.7 Å². The number of nitrogens with zero attached hydrogens (tertiary/aromatic N) is 4. The average molecular weight is 463 g/mol. The summed E-state index contributed by atoms with van der Waals surface area (Å²) < 4.78 is 5.27. The summed E-state index contributed by atoms with van der Waals surface area (Å²) in [5, 5.41) is 0. The van der Waals surface area contributed by atoms with E-state index in [-0.39, 0.29) is 30.7 Å². The highest BCUT2D eigenvalue weighted by atomic mass is 16.5. The standard InChI is InChI=1S/C26H30N4O4/c1-34-22-8-6-21(7-9-22)30-24(32)17-29(18-26(30)10-2-3-11-26)25(33)20-13-23(31)28(16-20)15-19-5-4-12-27-14-19/h4-9,12,14,20H,2-3,10-11,13,15-18H2,1H3/t20-/m0/s1. The lowest BCUT2D eigenvalue weighted by Gasteiger charge is -2.49. The van der Waals surface area contributed by atoms with E-state index in [0.29, 0.717) is 19.6 Å². The van der Waals surface area contributed by atoms with Crippen molar-refractivity contribution in [1.29, 1.82) is 0 Å². The van der Waals surface area contributed by atoms with Crippen LogP contribution in [-0.4, -0.2) is 64.8 Å². The van der Waals surface area contributed by atoms with Gasteiger partial charge < -0.3 is 19.4 Å². The Bertz CT molecular complexity index is 1070. The van der Waals surface area contributed by atoms with Gasteiger partial charge in [0.15, 0.2) is 0 Å². The highest BCUT2D eigenvalue weighted by molar-refractivity contribution is 6.00. The van der Waals surface area contributed by atoms with Gasteiger partial charge in [-0.25, -0.2) is 0 Å². The molecule has 2 aliphatic heterocycles. The molecule has 178 valence electrons. The van der Waals surface area contributed by atoms with Gasteiger partial charge in [-0.2, -0.15) is 0 Å². The molecular weight excluding hydrogens is 432 g/mol. The molecule has 3 heterocycles. The number of amides is 3. The lowest BCUT2D eigenvalue weighted by Crippen LogP contribution is -2.65. The minimum absolute atomic E-state index is 0.0269. The van der Waals surface area contributed by atoms with E-state index in [1.54, 1.807) is 29.3 Å². The van der Waals surface area contributed by atoms with Crippen molar-refractivity contribution in [3.05, 3.63) is 54.4 Å². The molecule has 2 aromatic rings. The second-order valence-electron chi connectivity index (χ2n) is 9.59. The molecule has 1 atom stereocenters. The molecule has 1 aromatic heterocycles. The van der Waals surface area contributed by atoms with Crippen LogP contribution in [0.2, 0.25) is 0 Å². The van der Waals surface area contributed by atoms with E-state index >= 15 is 0 Å². The van der Waals surface area contributed by atoms with E-state index in [1.807, 2.05) is 41.3 Å². The number of pyridine rings is 1. The van der Waals surface area contributed by atoms with Crippen LogP contribution >= 0.6 is 0 Å². The molecule has 0 unspecified atom stereocenters. The zero-order valence-corrected chi connectivity index (χ0v) is 19.5. The quantitative estimate of drug-likeness (QED) is 0.682. The van der Waals surface area contributed by atoms with Crippen LogP contribution in [0, 0.1) is 5.92 Å². The van der Waals surface area contributed by atoms with Crippen molar-refractivity contribution in [2.24, 2.45) is 5.92 Å². The Balaban J connectivity index is 1.32. The first-order valence-electron chi connectivity index (χ1n) is 11.9. The second kappa shape index (κ2) is 9.08. The fraction of sp³-hybridized carbons (Fsp3) is 0.462. The van der Waals surface area contributed by atoms with Crippen LogP contribution in [0.4, 0.5) is 5.69 Å². The number of hydrogen-bond donors (Lipinski definition) is 0. The number of hydrogen-bond acceptors (Lipinski definition) is 5. The predicted octanol–water partition coefficient (Wildman–Crippen LogP) is 2.63. The number of carbonyl (C=O) groups is 3. The number of rotatable bonds is 5. The normalized spacial score (nSPS) is 22.0.